The molecule has 2 aromatic carbocycles. The summed E-state index contributed by atoms with van der Waals surface area (Å²) in [5.74, 6) is 1.09. The molecule has 1 aliphatic heterocycles. The normalized spacial score (nSPS) is 16.5. The Bertz CT molecular complexity index is 990. The van der Waals surface area contributed by atoms with E-state index in [0.29, 0.717) is 35.3 Å². The molecule has 1 aliphatic rings. The standard InChI is InChI=1S/C21H21FN4O3/c1-28-17-6-4-5-16(13-17)23-21(27)26-12-3-2-7-18(26)20-24-19(25-29-20)14-8-10-15(22)11-9-14/h4-6,8-11,13,18H,2-3,7,12H2,1H3,(H,23,27). The molecule has 1 aromatic heterocycles. The van der Waals surface area contributed by atoms with E-state index in [9.17, 15) is 9.18 Å². The Kier molecular flexibility index (Phi) is 5.41. The minimum Gasteiger partial charge on any atom is -0.497 e. The van der Waals surface area contributed by atoms with Crippen LogP contribution in [0.3, 0.4) is 0 Å². The van der Waals surface area contributed by atoms with Gasteiger partial charge in [-0.1, -0.05) is 11.2 Å². The van der Waals surface area contributed by atoms with Crippen LogP contribution in [0.2, 0.25) is 0 Å². The number of rotatable bonds is 4. The fourth-order valence-electron chi connectivity index (χ4n) is 3.41. The monoisotopic (exact) mass is 396 g/mol. The number of hydrogen-bond donors (Lipinski definition) is 1. The van der Waals surface area contributed by atoms with E-state index in [-0.39, 0.29) is 17.9 Å². The lowest BCUT2D eigenvalue weighted by Gasteiger charge is -2.33. The predicted molar refractivity (Wildman–Crippen MR) is 105 cm³/mol. The molecule has 0 bridgehead atoms. The molecule has 0 spiro atoms. The zero-order valence-electron chi connectivity index (χ0n) is 16.0. The van der Waals surface area contributed by atoms with Crippen molar-refractivity contribution < 1.29 is 18.4 Å². The number of aromatic nitrogens is 2. The minimum atomic E-state index is -0.329. The molecule has 1 atom stereocenters. The Labute approximate surface area is 167 Å². The minimum absolute atomic E-state index is 0.232. The summed E-state index contributed by atoms with van der Waals surface area (Å²) in [7, 11) is 1.58. The van der Waals surface area contributed by atoms with E-state index in [1.807, 2.05) is 12.1 Å². The number of benzene rings is 2. The summed E-state index contributed by atoms with van der Waals surface area (Å²) in [6.45, 7) is 0.592. The number of anilines is 1. The number of hydrogen-bond acceptors (Lipinski definition) is 5. The third kappa shape index (κ3) is 4.21. The van der Waals surface area contributed by atoms with Crippen molar-refractivity contribution in [2.45, 2.75) is 25.3 Å². The Morgan fingerprint density at radius 3 is 2.86 bits per heavy atom. The number of amides is 2. The Morgan fingerprint density at radius 2 is 2.07 bits per heavy atom. The molecule has 3 aromatic rings. The predicted octanol–water partition coefficient (Wildman–Crippen LogP) is 4.64. The molecular weight excluding hydrogens is 375 g/mol. The lowest BCUT2D eigenvalue weighted by atomic mass is 10.0. The van der Waals surface area contributed by atoms with Gasteiger partial charge in [0.15, 0.2) is 0 Å². The van der Waals surface area contributed by atoms with Crippen LogP contribution in [-0.2, 0) is 0 Å². The highest BCUT2D eigenvalue weighted by molar-refractivity contribution is 5.89. The topological polar surface area (TPSA) is 80.5 Å². The number of halogens is 1. The van der Waals surface area contributed by atoms with Crippen LogP contribution in [0.25, 0.3) is 11.4 Å². The van der Waals surface area contributed by atoms with Crippen LogP contribution >= 0.6 is 0 Å². The third-order valence-electron chi connectivity index (χ3n) is 4.91. The Hall–Kier alpha value is -3.42. The van der Waals surface area contributed by atoms with E-state index in [1.54, 1.807) is 36.3 Å². The molecule has 8 heteroatoms. The molecule has 2 heterocycles. The lowest BCUT2D eigenvalue weighted by molar-refractivity contribution is 0.142. The van der Waals surface area contributed by atoms with Crippen molar-refractivity contribution >= 4 is 11.7 Å². The van der Waals surface area contributed by atoms with Crippen molar-refractivity contribution in [3.05, 3.63) is 60.2 Å². The van der Waals surface area contributed by atoms with Crippen molar-refractivity contribution in [3.63, 3.8) is 0 Å². The highest BCUT2D eigenvalue weighted by Crippen LogP contribution is 2.32. The smallest absolute Gasteiger partial charge is 0.322 e. The first kappa shape index (κ1) is 18.9. The maximum Gasteiger partial charge on any atom is 0.322 e. The maximum absolute atomic E-state index is 13.1. The molecule has 7 nitrogen and oxygen atoms in total. The first-order chi connectivity index (χ1) is 14.1. The molecule has 2 amide bonds. The number of carbonyl (C=O) groups is 1. The van der Waals surface area contributed by atoms with Crippen LogP contribution in [0.5, 0.6) is 5.75 Å². The molecular formula is C21H21FN4O3. The molecule has 0 aliphatic carbocycles. The fourth-order valence-corrected chi connectivity index (χ4v) is 3.41. The van der Waals surface area contributed by atoms with Crippen LogP contribution in [0.15, 0.2) is 53.1 Å². The van der Waals surface area contributed by atoms with E-state index in [2.05, 4.69) is 15.5 Å². The molecule has 1 unspecified atom stereocenters. The summed E-state index contributed by atoms with van der Waals surface area (Å²) < 4.78 is 23.8. The third-order valence-corrected chi connectivity index (χ3v) is 4.91. The van der Waals surface area contributed by atoms with Gasteiger partial charge >= 0.3 is 6.03 Å². The van der Waals surface area contributed by atoms with Gasteiger partial charge in [0, 0.05) is 23.9 Å². The van der Waals surface area contributed by atoms with Crippen LogP contribution in [0.4, 0.5) is 14.9 Å². The number of carbonyl (C=O) groups excluding carboxylic acids is 1. The van der Waals surface area contributed by atoms with E-state index in [4.69, 9.17) is 9.26 Å². The highest BCUT2D eigenvalue weighted by Gasteiger charge is 2.32. The highest BCUT2D eigenvalue weighted by atomic mass is 19.1. The van der Waals surface area contributed by atoms with Gasteiger partial charge in [0.05, 0.1) is 7.11 Å². The Balaban J connectivity index is 1.53. The molecule has 1 saturated heterocycles. The van der Waals surface area contributed by atoms with Gasteiger partial charge in [-0.25, -0.2) is 9.18 Å². The first-order valence-electron chi connectivity index (χ1n) is 9.45. The SMILES string of the molecule is COc1cccc(NC(=O)N2CCCCC2c2nc(-c3ccc(F)cc3)no2)c1. The summed E-state index contributed by atoms with van der Waals surface area (Å²) in [4.78, 5) is 19.1. The van der Waals surface area contributed by atoms with Gasteiger partial charge in [0.25, 0.3) is 0 Å². The van der Waals surface area contributed by atoms with Gasteiger partial charge in [-0.2, -0.15) is 4.98 Å². The van der Waals surface area contributed by atoms with Gasteiger partial charge in [-0.15, -0.1) is 0 Å². The van der Waals surface area contributed by atoms with Crippen molar-refractivity contribution in [2.75, 3.05) is 19.0 Å². The summed E-state index contributed by atoms with van der Waals surface area (Å²) in [5.41, 5.74) is 1.31. The van der Waals surface area contributed by atoms with Gasteiger partial charge in [0.2, 0.25) is 11.7 Å². The second-order valence-electron chi connectivity index (χ2n) is 6.83. The van der Waals surface area contributed by atoms with Crippen LogP contribution in [-0.4, -0.2) is 34.7 Å². The molecule has 150 valence electrons. The number of methoxy groups -OCH3 is 1. The van der Waals surface area contributed by atoms with E-state index >= 15 is 0 Å². The van der Waals surface area contributed by atoms with Gasteiger partial charge in [-0.05, 0) is 55.7 Å². The second kappa shape index (κ2) is 8.30. The number of piperidine rings is 1. The Morgan fingerprint density at radius 1 is 1.24 bits per heavy atom. The first-order valence-corrected chi connectivity index (χ1v) is 9.45. The quantitative estimate of drug-likeness (QED) is 0.695. The van der Waals surface area contributed by atoms with Gasteiger partial charge < -0.3 is 19.5 Å². The molecule has 1 N–H and O–H groups in total. The molecule has 4 rings (SSSR count). The zero-order valence-corrected chi connectivity index (χ0v) is 16.0. The molecule has 1 fully saturated rings. The molecule has 0 saturated carbocycles. The zero-order chi connectivity index (χ0) is 20.2. The maximum atomic E-state index is 13.1. The van der Waals surface area contributed by atoms with Crippen molar-refractivity contribution in [3.8, 4) is 17.1 Å². The molecule has 0 radical (unpaired) electrons. The van der Waals surface area contributed by atoms with Crippen molar-refractivity contribution in [2.24, 2.45) is 0 Å². The van der Waals surface area contributed by atoms with Crippen molar-refractivity contribution in [1.82, 2.24) is 15.0 Å². The van der Waals surface area contributed by atoms with Crippen molar-refractivity contribution in [1.29, 1.82) is 0 Å². The number of likely N-dealkylation sites (tertiary alicyclic amines) is 1. The summed E-state index contributed by atoms with van der Waals surface area (Å²) in [6, 6.07) is 12.5. The number of urea groups is 1. The van der Waals surface area contributed by atoms with Gasteiger partial charge in [-0.3, -0.25) is 0 Å². The average Bonchev–Trinajstić information content (AvgIpc) is 3.24. The largest absolute Gasteiger partial charge is 0.497 e. The fraction of sp³-hybridized carbons (Fsp3) is 0.286. The summed E-state index contributed by atoms with van der Waals surface area (Å²) in [6.07, 6.45) is 2.60. The number of nitrogens with zero attached hydrogens (tertiary/aromatic N) is 3. The average molecular weight is 396 g/mol. The second-order valence-corrected chi connectivity index (χ2v) is 6.83. The van der Waals surface area contributed by atoms with E-state index in [0.717, 1.165) is 19.3 Å². The van der Waals surface area contributed by atoms with E-state index < -0.39 is 0 Å². The lowest BCUT2D eigenvalue weighted by Crippen LogP contribution is -2.41. The summed E-state index contributed by atoms with van der Waals surface area (Å²) >= 11 is 0. The summed E-state index contributed by atoms with van der Waals surface area (Å²) in [5, 5.41) is 6.91. The van der Waals surface area contributed by atoms with E-state index in [1.165, 1.54) is 12.1 Å². The van der Waals surface area contributed by atoms with Crippen LogP contribution in [0, 0.1) is 5.82 Å². The molecule has 29 heavy (non-hydrogen) atoms. The van der Waals surface area contributed by atoms with Crippen LogP contribution in [0.1, 0.15) is 31.2 Å². The van der Waals surface area contributed by atoms with Gasteiger partial charge in [0.1, 0.15) is 17.6 Å². The number of ether oxygens (including phenoxy) is 1. The van der Waals surface area contributed by atoms with Crippen LogP contribution < -0.4 is 10.1 Å². The number of nitrogens with one attached hydrogen (secondary N) is 1.